The number of rotatable bonds is 10. The van der Waals surface area contributed by atoms with E-state index in [1.54, 1.807) is 0 Å². The maximum absolute atomic E-state index is 11.8. The standard InChI is InChI=1S/C15H23F2NO3/c1-11-5-12(2)7-14(6-11)21-9-13(19)8-18-3-4-20-10-15(16)17/h5-7,13,15,18-19H,3-4,8-10H2,1-2H3. The summed E-state index contributed by atoms with van der Waals surface area (Å²) in [6.07, 6.45) is -3.11. The molecule has 2 N–H and O–H groups in total. The minimum absolute atomic E-state index is 0.174. The van der Waals surface area contributed by atoms with E-state index < -0.39 is 19.1 Å². The molecule has 4 nitrogen and oxygen atoms in total. The minimum atomic E-state index is -2.44. The van der Waals surface area contributed by atoms with Crippen LogP contribution in [0.25, 0.3) is 0 Å². The summed E-state index contributed by atoms with van der Waals surface area (Å²) in [7, 11) is 0. The first-order valence-electron chi connectivity index (χ1n) is 6.93. The van der Waals surface area contributed by atoms with Gasteiger partial charge < -0.3 is 19.9 Å². The Morgan fingerprint density at radius 3 is 2.43 bits per heavy atom. The van der Waals surface area contributed by atoms with Crippen LogP contribution in [0.3, 0.4) is 0 Å². The van der Waals surface area contributed by atoms with Gasteiger partial charge >= 0.3 is 0 Å². The molecule has 0 amide bonds. The van der Waals surface area contributed by atoms with Gasteiger partial charge in [-0.15, -0.1) is 0 Å². The molecule has 0 spiro atoms. The number of alkyl halides is 2. The van der Waals surface area contributed by atoms with E-state index >= 15 is 0 Å². The second-order valence-corrected chi connectivity index (χ2v) is 4.96. The van der Waals surface area contributed by atoms with Crippen LogP contribution in [-0.4, -0.2) is 50.5 Å². The summed E-state index contributed by atoms with van der Waals surface area (Å²) in [5.74, 6) is 0.729. The smallest absolute Gasteiger partial charge is 0.261 e. The average Bonchev–Trinajstić information content (AvgIpc) is 2.39. The van der Waals surface area contributed by atoms with E-state index in [1.807, 2.05) is 32.0 Å². The van der Waals surface area contributed by atoms with Crippen LogP contribution in [0.5, 0.6) is 5.75 Å². The molecule has 1 atom stereocenters. The van der Waals surface area contributed by atoms with E-state index in [1.165, 1.54) is 0 Å². The van der Waals surface area contributed by atoms with Crippen molar-refractivity contribution in [2.24, 2.45) is 0 Å². The van der Waals surface area contributed by atoms with Gasteiger partial charge in [0.25, 0.3) is 6.43 Å². The second-order valence-electron chi connectivity index (χ2n) is 4.96. The van der Waals surface area contributed by atoms with Crippen LogP contribution in [-0.2, 0) is 4.74 Å². The highest BCUT2D eigenvalue weighted by Gasteiger charge is 2.06. The molecule has 0 aliphatic rings. The van der Waals surface area contributed by atoms with Gasteiger partial charge in [-0.2, -0.15) is 0 Å². The summed E-state index contributed by atoms with van der Waals surface area (Å²) >= 11 is 0. The molecular weight excluding hydrogens is 280 g/mol. The van der Waals surface area contributed by atoms with E-state index in [-0.39, 0.29) is 13.2 Å². The van der Waals surface area contributed by atoms with Gasteiger partial charge in [0.2, 0.25) is 0 Å². The lowest BCUT2D eigenvalue weighted by atomic mass is 10.1. The molecular formula is C15H23F2NO3. The largest absolute Gasteiger partial charge is 0.491 e. The topological polar surface area (TPSA) is 50.7 Å². The Bertz CT molecular complexity index is 396. The van der Waals surface area contributed by atoms with E-state index in [0.717, 1.165) is 16.9 Å². The number of aryl methyl sites for hydroxylation is 2. The van der Waals surface area contributed by atoms with Crippen LogP contribution in [0.4, 0.5) is 8.78 Å². The normalized spacial score (nSPS) is 12.7. The van der Waals surface area contributed by atoms with Crippen molar-refractivity contribution in [3.63, 3.8) is 0 Å². The summed E-state index contributed by atoms with van der Waals surface area (Å²) in [5.41, 5.74) is 2.21. The number of aliphatic hydroxyl groups is 1. The summed E-state index contributed by atoms with van der Waals surface area (Å²) < 4.78 is 33.8. The number of hydrogen-bond acceptors (Lipinski definition) is 4. The van der Waals surface area contributed by atoms with Gasteiger partial charge in [-0.05, 0) is 37.1 Å². The highest BCUT2D eigenvalue weighted by molar-refractivity contribution is 5.32. The molecule has 1 rings (SSSR count). The lowest BCUT2D eigenvalue weighted by Gasteiger charge is -2.14. The third-order valence-corrected chi connectivity index (χ3v) is 2.68. The molecule has 0 saturated carbocycles. The van der Waals surface area contributed by atoms with Crippen LogP contribution in [0.1, 0.15) is 11.1 Å². The number of hydrogen-bond donors (Lipinski definition) is 2. The van der Waals surface area contributed by atoms with Crippen molar-refractivity contribution < 1.29 is 23.4 Å². The first-order valence-corrected chi connectivity index (χ1v) is 6.93. The molecule has 0 radical (unpaired) electrons. The number of halogens is 2. The highest BCUT2D eigenvalue weighted by Crippen LogP contribution is 2.16. The third-order valence-electron chi connectivity index (χ3n) is 2.68. The highest BCUT2D eigenvalue weighted by atomic mass is 19.3. The quantitative estimate of drug-likeness (QED) is 0.648. The van der Waals surface area contributed by atoms with Gasteiger partial charge in [-0.1, -0.05) is 6.07 Å². The van der Waals surface area contributed by atoms with Crippen LogP contribution in [0, 0.1) is 13.8 Å². The number of benzene rings is 1. The summed E-state index contributed by atoms with van der Waals surface area (Å²) in [5, 5.41) is 12.7. The second kappa shape index (κ2) is 9.65. The van der Waals surface area contributed by atoms with Crippen molar-refractivity contribution in [1.29, 1.82) is 0 Å². The third kappa shape index (κ3) is 8.60. The van der Waals surface area contributed by atoms with Crippen LogP contribution in [0.2, 0.25) is 0 Å². The predicted molar refractivity (Wildman–Crippen MR) is 77.1 cm³/mol. The van der Waals surface area contributed by atoms with Gasteiger partial charge in [-0.25, -0.2) is 8.78 Å². The lowest BCUT2D eigenvalue weighted by Crippen LogP contribution is -2.33. The van der Waals surface area contributed by atoms with Crippen molar-refractivity contribution >= 4 is 0 Å². The fourth-order valence-corrected chi connectivity index (χ4v) is 1.85. The van der Waals surface area contributed by atoms with Crippen molar-refractivity contribution in [3.8, 4) is 5.75 Å². The molecule has 0 saturated heterocycles. The maximum Gasteiger partial charge on any atom is 0.261 e. The van der Waals surface area contributed by atoms with Crippen LogP contribution in [0.15, 0.2) is 18.2 Å². The first-order chi connectivity index (χ1) is 9.97. The Morgan fingerprint density at radius 2 is 1.81 bits per heavy atom. The average molecular weight is 303 g/mol. The fourth-order valence-electron chi connectivity index (χ4n) is 1.85. The Morgan fingerprint density at radius 1 is 1.14 bits per heavy atom. The minimum Gasteiger partial charge on any atom is -0.491 e. The molecule has 0 heterocycles. The maximum atomic E-state index is 11.8. The molecule has 1 unspecified atom stereocenters. The van der Waals surface area contributed by atoms with Gasteiger partial charge in [0.05, 0.1) is 6.61 Å². The lowest BCUT2D eigenvalue weighted by molar-refractivity contribution is 0.0177. The van der Waals surface area contributed by atoms with E-state index in [9.17, 15) is 13.9 Å². The van der Waals surface area contributed by atoms with Gasteiger partial charge in [0.1, 0.15) is 25.1 Å². The van der Waals surface area contributed by atoms with Crippen molar-refractivity contribution in [2.45, 2.75) is 26.4 Å². The van der Waals surface area contributed by atoms with Crippen molar-refractivity contribution in [2.75, 3.05) is 32.9 Å². The predicted octanol–water partition coefficient (Wildman–Crippen LogP) is 1.91. The number of nitrogens with one attached hydrogen (secondary N) is 1. The summed E-state index contributed by atoms with van der Waals surface area (Å²) in [6.45, 7) is 4.51. The Kier molecular flexibility index (Phi) is 8.19. The van der Waals surface area contributed by atoms with E-state index in [4.69, 9.17) is 9.47 Å². The molecule has 21 heavy (non-hydrogen) atoms. The summed E-state index contributed by atoms with van der Waals surface area (Å²) in [6, 6.07) is 5.86. The zero-order valence-electron chi connectivity index (χ0n) is 12.4. The summed E-state index contributed by atoms with van der Waals surface area (Å²) in [4.78, 5) is 0. The van der Waals surface area contributed by atoms with Crippen LogP contribution < -0.4 is 10.1 Å². The molecule has 0 aliphatic heterocycles. The molecule has 1 aromatic carbocycles. The Hall–Kier alpha value is -1.24. The molecule has 0 bridgehead atoms. The van der Waals surface area contributed by atoms with Gasteiger partial charge in [0.15, 0.2) is 0 Å². The monoisotopic (exact) mass is 303 g/mol. The molecule has 6 heteroatoms. The molecule has 0 aliphatic carbocycles. The van der Waals surface area contributed by atoms with Gasteiger partial charge in [-0.3, -0.25) is 0 Å². The Balaban J connectivity index is 2.12. The van der Waals surface area contributed by atoms with Gasteiger partial charge in [0, 0.05) is 13.1 Å². The van der Waals surface area contributed by atoms with E-state index in [2.05, 4.69) is 5.32 Å². The fraction of sp³-hybridized carbons (Fsp3) is 0.600. The van der Waals surface area contributed by atoms with Crippen molar-refractivity contribution in [1.82, 2.24) is 5.32 Å². The van der Waals surface area contributed by atoms with Crippen molar-refractivity contribution in [3.05, 3.63) is 29.3 Å². The zero-order chi connectivity index (χ0) is 15.7. The molecule has 0 aromatic heterocycles. The molecule has 0 fully saturated rings. The van der Waals surface area contributed by atoms with Crippen LogP contribution >= 0.6 is 0 Å². The van der Waals surface area contributed by atoms with E-state index in [0.29, 0.717) is 13.1 Å². The zero-order valence-corrected chi connectivity index (χ0v) is 12.4. The number of ether oxygens (including phenoxy) is 2. The molecule has 120 valence electrons. The SMILES string of the molecule is Cc1cc(C)cc(OCC(O)CNCCOCC(F)F)c1. The number of aliphatic hydroxyl groups excluding tert-OH is 1. The first kappa shape index (κ1) is 17.8. The molecule has 1 aromatic rings. The Labute approximate surface area is 124 Å².